The largest absolute Gasteiger partial charge is 0.322 e. The van der Waals surface area contributed by atoms with Crippen molar-refractivity contribution in [2.75, 3.05) is 13.2 Å². The van der Waals surface area contributed by atoms with Crippen molar-refractivity contribution in [2.24, 2.45) is 0 Å². The molecule has 1 aromatic rings. The summed E-state index contributed by atoms with van der Waals surface area (Å²) in [6, 6.07) is 10.2. The SMILES string of the molecule is CCOP(=S)(OCC)SC(C)/C=C/c1ccccc1. The zero-order valence-corrected chi connectivity index (χ0v) is 14.1. The number of hydrogen-bond acceptors (Lipinski definition) is 4. The molecule has 0 radical (unpaired) electrons. The van der Waals surface area contributed by atoms with Crippen LogP contribution < -0.4 is 0 Å². The molecule has 0 aromatic heterocycles. The first-order valence-corrected chi connectivity index (χ1v) is 10.5. The topological polar surface area (TPSA) is 18.5 Å². The van der Waals surface area contributed by atoms with E-state index in [9.17, 15) is 0 Å². The first-order valence-electron chi connectivity index (χ1n) is 6.40. The molecule has 1 atom stereocenters. The van der Waals surface area contributed by atoms with Crippen molar-refractivity contribution >= 4 is 35.0 Å². The van der Waals surface area contributed by atoms with E-state index in [2.05, 4.69) is 31.2 Å². The maximum Gasteiger partial charge on any atom is 0.247 e. The van der Waals surface area contributed by atoms with Gasteiger partial charge in [-0.15, -0.1) is 0 Å². The molecule has 0 heterocycles. The van der Waals surface area contributed by atoms with Crippen LogP contribution in [0.5, 0.6) is 0 Å². The van der Waals surface area contributed by atoms with Gasteiger partial charge in [0.05, 0.1) is 13.2 Å². The van der Waals surface area contributed by atoms with Crippen molar-refractivity contribution in [3.8, 4) is 0 Å². The van der Waals surface area contributed by atoms with Crippen molar-refractivity contribution in [1.29, 1.82) is 0 Å². The average molecular weight is 316 g/mol. The van der Waals surface area contributed by atoms with Crippen molar-refractivity contribution in [2.45, 2.75) is 26.0 Å². The fourth-order valence-electron chi connectivity index (χ4n) is 1.46. The fourth-order valence-corrected chi connectivity index (χ4v) is 7.13. The number of rotatable bonds is 8. The third-order valence-corrected chi connectivity index (χ3v) is 7.94. The Morgan fingerprint density at radius 3 is 2.32 bits per heavy atom. The molecule has 0 aliphatic carbocycles. The maximum atomic E-state index is 5.63. The van der Waals surface area contributed by atoms with Gasteiger partial charge in [-0.2, -0.15) is 0 Å². The smallest absolute Gasteiger partial charge is 0.247 e. The van der Waals surface area contributed by atoms with E-state index in [1.54, 1.807) is 11.4 Å². The molecular weight excluding hydrogens is 295 g/mol. The van der Waals surface area contributed by atoms with E-state index in [0.29, 0.717) is 13.2 Å². The van der Waals surface area contributed by atoms with Crippen LogP contribution in [0.15, 0.2) is 36.4 Å². The molecule has 0 bridgehead atoms. The van der Waals surface area contributed by atoms with Crippen molar-refractivity contribution < 1.29 is 9.05 Å². The lowest BCUT2D eigenvalue weighted by Gasteiger charge is -2.22. The van der Waals surface area contributed by atoms with Crippen LogP contribution in [0.25, 0.3) is 6.08 Å². The second-order valence-electron chi connectivity index (χ2n) is 3.86. The minimum atomic E-state index is -2.20. The Morgan fingerprint density at radius 2 is 1.79 bits per heavy atom. The van der Waals surface area contributed by atoms with Crippen molar-refractivity contribution in [1.82, 2.24) is 0 Å². The summed E-state index contributed by atoms with van der Waals surface area (Å²) in [6.45, 7) is 7.21. The summed E-state index contributed by atoms with van der Waals surface area (Å²) in [6.07, 6.45) is 4.24. The highest BCUT2D eigenvalue weighted by molar-refractivity contribution is 8.68. The highest BCUT2D eigenvalue weighted by Gasteiger charge is 2.21. The van der Waals surface area contributed by atoms with Crippen LogP contribution in [0.1, 0.15) is 26.3 Å². The van der Waals surface area contributed by atoms with E-state index in [-0.39, 0.29) is 5.25 Å². The van der Waals surface area contributed by atoms with Gasteiger partial charge in [0.2, 0.25) is 5.69 Å². The molecule has 0 amide bonds. The molecule has 0 saturated heterocycles. The Bertz CT molecular complexity index is 424. The lowest BCUT2D eigenvalue weighted by Crippen LogP contribution is -1.97. The van der Waals surface area contributed by atoms with Gasteiger partial charge < -0.3 is 9.05 Å². The van der Waals surface area contributed by atoms with Gasteiger partial charge in [0.1, 0.15) is 0 Å². The first-order chi connectivity index (χ1) is 9.09. The molecule has 0 fully saturated rings. The number of benzene rings is 1. The molecule has 0 aliphatic rings. The quantitative estimate of drug-likeness (QED) is 0.619. The van der Waals surface area contributed by atoms with Crippen molar-refractivity contribution in [3.63, 3.8) is 0 Å². The van der Waals surface area contributed by atoms with Crippen LogP contribution in [0.2, 0.25) is 0 Å². The molecule has 0 N–H and O–H groups in total. The first kappa shape index (κ1) is 16.9. The monoisotopic (exact) mass is 316 g/mol. The molecule has 1 rings (SSSR count). The van der Waals surface area contributed by atoms with E-state index in [4.69, 9.17) is 20.9 Å². The van der Waals surface area contributed by atoms with Crippen LogP contribution in [-0.4, -0.2) is 18.5 Å². The zero-order valence-electron chi connectivity index (χ0n) is 11.6. The van der Waals surface area contributed by atoms with Gasteiger partial charge in [-0.25, -0.2) is 0 Å². The molecule has 106 valence electrons. The predicted octanol–water partition coefficient (Wildman–Crippen LogP) is 5.12. The van der Waals surface area contributed by atoms with Gasteiger partial charge in [-0.05, 0) is 38.1 Å². The fraction of sp³-hybridized carbons (Fsp3) is 0.429. The van der Waals surface area contributed by atoms with Gasteiger partial charge in [0.15, 0.2) is 0 Å². The lowest BCUT2D eigenvalue weighted by molar-refractivity contribution is 0.280. The molecule has 19 heavy (non-hydrogen) atoms. The standard InChI is InChI=1S/C14H21O2PS2/c1-4-15-17(18,16-5-2)19-13(3)11-12-14-9-7-6-8-10-14/h6-13H,4-5H2,1-3H3/b12-11+. The average Bonchev–Trinajstić information content (AvgIpc) is 2.38. The van der Waals surface area contributed by atoms with Crippen LogP contribution >= 0.6 is 17.1 Å². The van der Waals surface area contributed by atoms with Crippen molar-refractivity contribution in [3.05, 3.63) is 42.0 Å². The Hall–Kier alpha value is -0.120. The van der Waals surface area contributed by atoms with E-state index >= 15 is 0 Å². The summed E-state index contributed by atoms with van der Waals surface area (Å²) in [7, 11) is 0. The molecule has 0 spiro atoms. The van der Waals surface area contributed by atoms with E-state index in [1.165, 1.54) is 5.56 Å². The summed E-state index contributed by atoms with van der Waals surface area (Å²) in [4.78, 5) is 0. The zero-order chi connectivity index (χ0) is 14.1. The highest BCUT2D eigenvalue weighted by Crippen LogP contribution is 2.62. The molecule has 1 unspecified atom stereocenters. The summed E-state index contributed by atoms with van der Waals surface area (Å²) < 4.78 is 11.3. The summed E-state index contributed by atoms with van der Waals surface area (Å²) in [5.41, 5.74) is -1.01. The van der Waals surface area contributed by atoms with Crippen LogP contribution in [0.4, 0.5) is 0 Å². The van der Waals surface area contributed by atoms with Gasteiger partial charge in [-0.3, -0.25) is 0 Å². The molecule has 0 aliphatic heterocycles. The van der Waals surface area contributed by atoms with Gasteiger partial charge in [0, 0.05) is 5.25 Å². The van der Waals surface area contributed by atoms with Gasteiger partial charge in [0.25, 0.3) is 0 Å². The predicted molar refractivity (Wildman–Crippen MR) is 90.1 cm³/mol. The van der Waals surface area contributed by atoms with Gasteiger partial charge in [-0.1, -0.05) is 53.9 Å². The van der Waals surface area contributed by atoms with Crippen LogP contribution in [0, 0.1) is 0 Å². The molecule has 2 nitrogen and oxygen atoms in total. The third kappa shape index (κ3) is 6.73. The van der Waals surface area contributed by atoms with Crippen LogP contribution in [-0.2, 0) is 20.9 Å². The molecule has 1 aromatic carbocycles. The Morgan fingerprint density at radius 1 is 1.21 bits per heavy atom. The Kier molecular flexibility index (Phi) is 7.96. The minimum absolute atomic E-state index is 0.268. The van der Waals surface area contributed by atoms with Crippen LogP contribution in [0.3, 0.4) is 0 Å². The summed E-state index contributed by atoms with van der Waals surface area (Å²) in [5.74, 6) is 0. The second kappa shape index (κ2) is 8.93. The normalized spacial score (nSPS) is 13.8. The van der Waals surface area contributed by atoms with E-state index in [1.807, 2.05) is 32.0 Å². The summed E-state index contributed by atoms with van der Waals surface area (Å²) >= 11 is 7.11. The van der Waals surface area contributed by atoms with Gasteiger partial charge >= 0.3 is 0 Å². The summed E-state index contributed by atoms with van der Waals surface area (Å²) in [5, 5.41) is 0.268. The second-order valence-corrected chi connectivity index (χ2v) is 10.4. The van der Waals surface area contributed by atoms with E-state index in [0.717, 1.165) is 0 Å². The Labute approximate surface area is 125 Å². The highest BCUT2D eigenvalue weighted by atomic mass is 32.9. The molecule has 5 heteroatoms. The number of hydrogen-bond donors (Lipinski definition) is 0. The van der Waals surface area contributed by atoms with E-state index < -0.39 is 5.69 Å². The third-order valence-electron chi connectivity index (χ3n) is 2.23. The molecular formula is C14H21O2PS2. The Balaban J connectivity index is 2.60. The minimum Gasteiger partial charge on any atom is -0.322 e. The molecule has 0 saturated carbocycles. The maximum absolute atomic E-state index is 5.63. The lowest BCUT2D eigenvalue weighted by atomic mass is 10.2.